The van der Waals surface area contributed by atoms with E-state index in [4.69, 9.17) is 9.47 Å². The molecule has 2 aromatic rings. The summed E-state index contributed by atoms with van der Waals surface area (Å²) in [6, 6.07) is 10.2. The zero-order valence-electron chi connectivity index (χ0n) is 19.1. The number of nitrogens with zero attached hydrogens (tertiary/aromatic N) is 2. The molecule has 1 saturated heterocycles. The van der Waals surface area contributed by atoms with Crippen LogP contribution < -0.4 is 19.7 Å². The van der Waals surface area contributed by atoms with E-state index >= 15 is 0 Å². The number of methoxy groups -OCH3 is 2. The Hall–Kier alpha value is -2.78. The Morgan fingerprint density at radius 2 is 1.62 bits per heavy atom. The van der Waals surface area contributed by atoms with Crippen molar-refractivity contribution >= 4 is 21.6 Å². The number of piperidine rings is 1. The van der Waals surface area contributed by atoms with Crippen LogP contribution in [0.2, 0.25) is 0 Å². The first-order chi connectivity index (χ1) is 15.3. The molecule has 1 fully saturated rings. The van der Waals surface area contributed by atoms with Gasteiger partial charge in [0.15, 0.2) is 0 Å². The highest BCUT2D eigenvalue weighted by atomic mass is 32.2. The van der Waals surface area contributed by atoms with E-state index in [-0.39, 0.29) is 17.3 Å². The molecule has 1 aliphatic heterocycles. The van der Waals surface area contributed by atoms with Crippen LogP contribution >= 0.6 is 0 Å². The maximum Gasteiger partial charge on any atom is 0.253 e. The molecule has 174 valence electrons. The van der Waals surface area contributed by atoms with Crippen LogP contribution in [0.4, 0.5) is 5.69 Å². The highest BCUT2D eigenvalue weighted by Gasteiger charge is 2.24. The molecule has 9 heteroatoms. The maximum absolute atomic E-state index is 13.2. The number of rotatable bonds is 8. The normalized spacial score (nSPS) is 14.3. The van der Waals surface area contributed by atoms with Gasteiger partial charge in [0, 0.05) is 45.5 Å². The number of ether oxygens (including phenoxy) is 2. The molecule has 1 heterocycles. The first-order valence-corrected chi connectivity index (χ1v) is 12.0. The lowest BCUT2D eigenvalue weighted by molar-refractivity contribution is 0.0951. The Bertz CT molecular complexity index is 1040. The molecule has 0 unspecified atom stereocenters. The van der Waals surface area contributed by atoms with Gasteiger partial charge in [-0.15, -0.1) is 0 Å². The zero-order chi connectivity index (χ0) is 23.3. The minimum atomic E-state index is -3.66. The number of hydrogen-bond acceptors (Lipinski definition) is 6. The van der Waals surface area contributed by atoms with E-state index in [1.165, 1.54) is 20.2 Å². The van der Waals surface area contributed by atoms with E-state index in [9.17, 15) is 13.2 Å². The Balaban J connectivity index is 1.92. The number of sulfonamides is 1. The van der Waals surface area contributed by atoms with Gasteiger partial charge >= 0.3 is 0 Å². The van der Waals surface area contributed by atoms with Gasteiger partial charge in [-0.05, 0) is 55.2 Å². The topological polar surface area (TPSA) is 88.2 Å². The molecule has 3 rings (SSSR count). The largest absolute Gasteiger partial charge is 0.497 e. The van der Waals surface area contributed by atoms with E-state index in [1.54, 1.807) is 32.4 Å². The fourth-order valence-electron chi connectivity index (χ4n) is 3.72. The molecule has 1 amide bonds. The number of amides is 1. The van der Waals surface area contributed by atoms with Crippen molar-refractivity contribution in [2.24, 2.45) is 0 Å². The van der Waals surface area contributed by atoms with Crippen LogP contribution in [0.5, 0.6) is 11.5 Å². The Morgan fingerprint density at radius 3 is 2.19 bits per heavy atom. The Kier molecular flexibility index (Phi) is 7.63. The fraction of sp³-hybridized carbons (Fsp3) is 0.435. The maximum atomic E-state index is 13.2. The van der Waals surface area contributed by atoms with Crippen molar-refractivity contribution in [2.75, 3.05) is 46.3 Å². The standard InChI is InChI=1S/C23H31N3O5S/c1-25(2)32(28,29)20-8-9-22(26-10-6-5-7-11-26)21(15-20)23(27)24-16-17-12-18(30-3)14-19(13-17)31-4/h8-9,12-15H,5-7,10-11,16H2,1-4H3,(H,24,27). The molecule has 0 radical (unpaired) electrons. The predicted molar refractivity (Wildman–Crippen MR) is 124 cm³/mol. The van der Waals surface area contributed by atoms with Crippen LogP contribution in [0.15, 0.2) is 41.3 Å². The summed E-state index contributed by atoms with van der Waals surface area (Å²) in [7, 11) is 2.42. The molecule has 8 nitrogen and oxygen atoms in total. The van der Waals surface area contributed by atoms with Crippen LogP contribution in [0.1, 0.15) is 35.2 Å². The molecule has 0 saturated carbocycles. The van der Waals surface area contributed by atoms with Crippen molar-refractivity contribution in [1.29, 1.82) is 0 Å². The van der Waals surface area contributed by atoms with Crippen molar-refractivity contribution < 1.29 is 22.7 Å². The first-order valence-electron chi connectivity index (χ1n) is 10.6. The second kappa shape index (κ2) is 10.2. The van der Waals surface area contributed by atoms with Gasteiger partial charge in [0.1, 0.15) is 11.5 Å². The number of hydrogen-bond donors (Lipinski definition) is 1. The average Bonchev–Trinajstić information content (AvgIpc) is 2.82. The Morgan fingerprint density at radius 1 is 1.00 bits per heavy atom. The minimum absolute atomic E-state index is 0.0939. The second-order valence-corrected chi connectivity index (χ2v) is 10.1. The van der Waals surface area contributed by atoms with Gasteiger partial charge < -0.3 is 19.7 Å². The van der Waals surface area contributed by atoms with Gasteiger partial charge in [0.25, 0.3) is 5.91 Å². The van der Waals surface area contributed by atoms with Crippen LogP contribution in [0.25, 0.3) is 0 Å². The quantitative estimate of drug-likeness (QED) is 0.650. The van der Waals surface area contributed by atoms with Gasteiger partial charge in [-0.1, -0.05) is 0 Å². The molecule has 0 aromatic heterocycles. The summed E-state index contributed by atoms with van der Waals surface area (Å²) in [4.78, 5) is 15.5. The van der Waals surface area contributed by atoms with Gasteiger partial charge in [0.05, 0.1) is 24.7 Å². The molecule has 0 spiro atoms. The van der Waals surface area contributed by atoms with Gasteiger partial charge in [-0.3, -0.25) is 4.79 Å². The number of anilines is 1. The number of carbonyl (C=O) groups is 1. The molecular formula is C23H31N3O5S. The van der Waals surface area contributed by atoms with E-state index in [0.717, 1.165) is 47.9 Å². The summed E-state index contributed by atoms with van der Waals surface area (Å²) in [5.41, 5.74) is 1.92. The molecular weight excluding hydrogens is 430 g/mol. The molecule has 0 aliphatic carbocycles. The van der Waals surface area contributed by atoms with Crippen molar-refractivity contribution in [1.82, 2.24) is 9.62 Å². The van der Waals surface area contributed by atoms with Gasteiger partial charge in [-0.25, -0.2) is 12.7 Å². The van der Waals surface area contributed by atoms with E-state index in [0.29, 0.717) is 17.1 Å². The highest BCUT2D eigenvalue weighted by molar-refractivity contribution is 7.89. The zero-order valence-corrected chi connectivity index (χ0v) is 19.9. The first kappa shape index (κ1) is 23.9. The van der Waals surface area contributed by atoms with Crippen molar-refractivity contribution in [3.05, 3.63) is 47.5 Å². The fourth-order valence-corrected chi connectivity index (χ4v) is 4.65. The monoisotopic (exact) mass is 461 g/mol. The lowest BCUT2D eigenvalue weighted by Crippen LogP contribution is -2.33. The van der Waals surface area contributed by atoms with E-state index < -0.39 is 10.0 Å². The summed E-state index contributed by atoms with van der Waals surface area (Å²) in [5.74, 6) is 0.923. The van der Waals surface area contributed by atoms with Crippen LogP contribution in [0.3, 0.4) is 0 Å². The van der Waals surface area contributed by atoms with Crippen molar-refractivity contribution in [2.45, 2.75) is 30.7 Å². The molecule has 0 atom stereocenters. The van der Waals surface area contributed by atoms with Crippen molar-refractivity contribution in [3.8, 4) is 11.5 Å². The lowest BCUT2D eigenvalue weighted by Gasteiger charge is -2.30. The smallest absolute Gasteiger partial charge is 0.253 e. The lowest BCUT2D eigenvalue weighted by atomic mass is 10.1. The van der Waals surface area contributed by atoms with Gasteiger partial charge in [-0.2, -0.15) is 0 Å². The molecule has 1 aliphatic rings. The average molecular weight is 462 g/mol. The summed E-state index contributed by atoms with van der Waals surface area (Å²) in [6.07, 6.45) is 3.24. The second-order valence-electron chi connectivity index (χ2n) is 7.92. The highest BCUT2D eigenvalue weighted by Crippen LogP contribution is 2.28. The summed E-state index contributed by atoms with van der Waals surface area (Å²) >= 11 is 0. The van der Waals surface area contributed by atoms with E-state index in [1.807, 2.05) is 12.1 Å². The van der Waals surface area contributed by atoms with Crippen LogP contribution in [0, 0.1) is 0 Å². The molecule has 1 N–H and O–H groups in total. The van der Waals surface area contributed by atoms with Gasteiger partial charge in [0.2, 0.25) is 10.0 Å². The SMILES string of the molecule is COc1cc(CNC(=O)c2cc(S(=O)(=O)N(C)C)ccc2N2CCCCC2)cc(OC)c1. The predicted octanol–water partition coefficient (Wildman–Crippen LogP) is 2.87. The summed E-state index contributed by atoms with van der Waals surface area (Å²) in [5, 5.41) is 2.92. The molecule has 0 bridgehead atoms. The van der Waals surface area contributed by atoms with Crippen LogP contribution in [-0.2, 0) is 16.6 Å². The summed E-state index contributed by atoms with van der Waals surface area (Å²) in [6.45, 7) is 1.93. The Labute approximate surface area is 190 Å². The number of carbonyl (C=O) groups excluding carboxylic acids is 1. The van der Waals surface area contributed by atoms with E-state index in [2.05, 4.69) is 10.2 Å². The number of nitrogens with one attached hydrogen (secondary N) is 1. The third-order valence-corrected chi connectivity index (χ3v) is 7.36. The third kappa shape index (κ3) is 5.34. The van der Waals surface area contributed by atoms with Crippen LogP contribution in [-0.4, -0.2) is 60.0 Å². The number of benzene rings is 2. The van der Waals surface area contributed by atoms with Crippen molar-refractivity contribution in [3.63, 3.8) is 0 Å². The summed E-state index contributed by atoms with van der Waals surface area (Å²) < 4.78 is 37.1. The third-order valence-electron chi connectivity index (χ3n) is 5.55. The molecule has 32 heavy (non-hydrogen) atoms. The molecule has 2 aromatic carbocycles. The minimum Gasteiger partial charge on any atom is -0.497 e.